The molecule has 0 N–H and O–H groups in total. The second-order valence-electron chi connectivity index (χ2n) is 9.04. The fourth-order valence-electron chi connectivity index (χ4n) is 5.05. The number of fused-ring (bicyclic) bond motifs is 3. The normalized spacial score (nSPS) is 18.3. The minimum atomic E-state index is 0.118. The molecule has 6 heteroatoms. The van der Waals surface area contributed by atoms with Gasteiger partial charge in [0.15, 0.2) is 0 Å². The van der Waals surface area contributed by atoms with Gasteiger partial charge in [-0.15, -0.1) is 0 Å². The molecule has 0 atom stereocenters. The van der Waals surface area contributed by atoms with Gasteiger partial charge in [0.05, 0.1) is 23.1 Å². The minimum absolute atomic E-state index is 0.118. The quantitative estimate of drug-likeness (QED) is 0.641. The molecule has 1 aromatic carbocycles. The van der Waals surface area contributed by atoms with Crippen molar-refractivity contribution in [3.05, 3.63) is 59.0 Å². The molecule has 31 heavy (non-hydrogen) atoms. The Morgan fingerprint density at radius 1 is 0.935 bits per heavy atom. The fourth-order valence-corrected chi connectivity index (χ4v) is 5.05. The van der Waals surface area contributed by atoms with E-state index < -0.39 is 0 Å². The van der Waals surface area contributed by atoms with Gasteiger partial charge >= 0.3 is 0 Å². The molecular formula is C25H27N5O. The number of carbonyl (C=O) groups excluding carboxylic acids is 1. The van der Waals surface area contributed by atoms with Gasteiger partial charge in [-0.2, -0.15) is 5.10 Å². The average Bonchev–Trinajstić information content (AvgIpc) is 3.60. The Balaban J connectivity index is 1.43. The smallest absolute Gasteiger partial charge is 0.257 e. The Kier molecular flexibility index (Phi) is 4.59. The first-order valence-corrected chi connectivity index (χ1v) is 11.6. The summed E-state index contributed by atoms with van der Waals surface area (Å²) in [6.45, 7) is 1.69. The van der Waals surface area contributed by atoms with Crippen LogP contribution >= 0.6 is 0 Å². The van der Waals surface area contributed by atoms with E-state index in [-0.39, 0.29) is 5.91 Å². The number of rotatable bonds is 3. The van der Waals surface area contributed by atoms with Crippen LogP contribution in [-0.2, 0) is 12.8 Å². The molecular weight excluding hydrogens is 386 g/mol. The number of carbonyl (C=O) groups is 1. The maximum absolute atomic E-state index is 13.3. The monoisotopic (exact) mass is 413 g/mol. The van der Waals surface area contributed by atoms with Gasteiger partial charge in [0.25, 0.3) is 11.9 Å². The zero-order valence-electron chi connectivity index (χ0n) is 17.8. The zero-order valence-corrected chi connectivity index (χ0v) is 17.8. The first-order chi connectivity index (χ1) is 15.3. The van der Waals surface area contributed by atoms with Crippen LogP contribution in [0.4, 0.5) is 0 Å². The van der Waals surface area contributed by atoms with Crippen LogP contribution in [0.1, 0.15) is 71.6 Å². The Labute approximate surface area is 182 Å². The van der Waals surface area contributed by atoms with Crippen LogP contribution in [-0.4, -0.2) is 43.6 Å². The summed E-state index contributed by atoms with van der Waals surface area (Å²) in [6, 6.07) is 8.54. The molecule has 3 aromatic rings. The molecule has 3 aliphatic rings. The van der Waals surface area contributed by atoms with E-state index in [9.17, 15) is 4.79 Å². The lowest BCUT2D eigenvalue weighted by atomic mass is 10.0. The van der Waals surface area contributed by atoms with Crippen LogP contribution in [0.25, 0.3) is 17.2 Å². The van der Waals surface area contributed by atoms with E-state index in [2.05, 4.69) is 29.4 Å². The molecule has 0 radical (unpaired) electrons. The standard InChI is InChI=1S/C25H27N5O/c31-24(29-13-4-1-5-14-29)21-16-27-30(23(21)18-11-12-18)25-26-15-19-9-6-8-17-7-2-3-10-20(17)22(19)28-25/h2-3,7,10,15-16,18H,1,4-6,8-9,11-14H2. The summed E-state index contributed by atoms with van der Waals surface area (Å²) in [6.07, 6.45) is 12.4. The van der Waals surface area contributed by atoms with Crippen LogP contribution in [0, 0.1) is 0 Å². The Hall–Kier alpha value is -3.02. The largest absolute Gasteiger partial charge is 0.339 e. The summed E-state index contributed by atoms with van der Waals surface area (Å²) < 4.78 is 1.84. The SMILES string of the molecule is O=C(c1cnn(-c2ncc3c(n2)-c2ccccc2CCC3)c1C1CC1)N1CCCCC1. The average molecular weight is 414 g/mol. The molecule has 1 saturated heterocycles. The first-order valence-electron chi connectivity index (χ1n) is 11.6. The highest BCUT2D eigenvalue weighted by molar-refractivity contribution is 5.95. The van der Waals surface area contributed by atoms with Crippen molar-refractivity contribution in [3.63, 3.8) is 0 Å². The Morgan fingerprint density at radius 2 is 1.74 bits per heavy atom. The molecule has 2 aromatic heterocycles. The second-order valence-corrected chi connectivity index (χ2v) is 9.04. The number of piperidine rings is 1. The van der Waals surface area contributed by atoms with Crippen LogP contribution in [0.15, 0.2) is 36.7 Å². The molecule has 6 rings (SSSR count). The predicted molar refractivity (Wildman–Crippen MR) is 118 cm³/mol. The fraction of sp³-hybridized carbons (Fsp3) is 0.440. The molecule has 1 amide bonds. The summed E-state index contributed by atoms with van der Waals surface area (Å²) in [7, 11) is 0. The number of amides is 1. The zero-order chi connectivity index (χ0) is 20.8. The molecule has 1 saturated carbocycles. The first kappa shape index (κ1) is 18.7. The van der Waals surface area contributed by atoms with Crippen molar-refractivity contribution >= 4 is 5.91 Å². The molecule has 1 aliphatic heterocycles. The van der Waals surface area contributed by atoms with Crippen LogP contribution in [0.2, 0.25) is 0 Å². The van der Waals surface area contributed by atoms with Gasteiger partial charge in [0.2, 0.25) is 0 Å². The van der Waals surface area contributed by atoms with Gasteiger partial charge in [-0.05, 0) is 62.5 Å². The van der Waals surface area contributed by atoms with Gasteiger partial charge in [0, 0.05) is 30.8 Å². The number of nitrogens with zero attached hydrogens (tertiary/aromatic N) is 5. The number of hydrogen-bond donors (Lipinski definition) is 0. The van der Waals surface area contributed by atoms with E-state index in [1.165, 1.54) is 23.1 Å². The van der Waals surface area contributed by atoms with Gasteiger partial charge in [-0.3, -0.25) is 4.79 Å². The number of hydrogen-bond acceptors (Lipinski definition) is 4. The van der Waals surface area contributed by atoms with Crippen molar-refractivity contribution in [1.82, 2.24) is 24.6 Å². The van der Waals surface area contributed by atoms with Crippen molar-refractivity contribution in [2.45, 2.75) is 57.3 Å². The summed E-state index contributed by atoms with van der Waals surface area (Å²) in [4.78, 5) is 25.0. The van der Waals surface area contributed by atoms with Crippen molar-refractivity contribution < 1.29 is 4.79 Å². The van der Waals surface area contributed by atoms with Crippen molar-refractivity contribution in [2.75, 3.05) is 13.1 Å². The molecule has 3 heterocycles. The topological polar surface area (TPSA) is 63.9 Å². The highest BCUT2D eigenvalue weighted by Crippen LogP contribution is 2.43. The summed E-state index contributed by atoms with van der Waals surface area (Å²) in [5.41, 5.74) is 6.48. The number of aromatic nitrogens is 4. The van der Waals surface area contributed by atoms with Crippen LogP contribution in [0.5, 0.6) is 0 Å². The third-order valence-electron chi connectivity index (χ3n) is 6.85. The van der Waals surface area contributed by atoms with Gasteiger partial charge < -0.3 is 4.90 Å². The van der Waals surface area contributed by atoms with Crippen molar-refractivity contribution in [2.24, 2.45) is 0 Å². The van der Waals surface area contributed by atoms with Gasteiger partial charge in [-0.1, -0.05) is 24.3 Å². The number of likely N-dealkylation sites (tertiary alicyclic amines) is 1. The van der Waals surface area contributed by atoms with Crippen molar-refractivity contribution in [1.29, 1.82) is 0 Å². The van der Waals surface area contributed by atoms with E-state index in [1.807, 2.05) is 15.8 Å². The predicted octanol–water partition coefficient (Wildman–Crippen LogP) is 4.32. The maximum atomic E-state index is 13.3. The molecule has 2 fully saturated rings. The minimum Gasteiger partial charge on any atom is -0.339 e. The van der Waals surface area contributed by atoms with E-state index in [1.54, 1.807) is 6.20 Å². The Morgan fingerprint density at radius 3 is 2.58 bits per heavy atom. The highest BCUT2D eigenvalue weighted by Gasteiger charge is 2.35. The molecule has 0 spiro atoms. The molecule has 0 bridgehead atoms. The van der Waals surface area contributed by atoms with E-state index in [0.29, 0.717) is 11.9 Å². The maximum Gasteiger partial charge on any atom is 0.257 e. The third-order valence-corrected chi connectivity index (χ3v) is 6.85. The second kappa shape index (κ2) is 7.59. The van der Waals surface area contributed by atoms with E-state index in [4.69, 9.17) is 9.97 Å². The summed E-state index contributed by atoms with van der Waals surface area (Å²) >= 11 is 0. The third kappa shape index (κ3) is 3.34. The van der Waals surface area contributed by atoms with Crippen LogP contribution < -0.4 is 0 Å². The lowest BCUT2D eigenvalue weighted by Gasteiger charge is -2.26. The Bertz CT molecular complexity index is 1140. The number of aryl methyl sites for hydroxylation is 2. The van der Waals surface area contributed by atoms with Crippen molar-refractivity contribution in [3.8, 4) is 17.2 Å². The molecule has 158 valence electrons. The summed E-state index contributed by atoms with van der Waals surface area (Å²) in [5.74, 6) is 1.07. The highest BCUT2D eigenvalue weighted by atomic mass is 16.2. The van der Waals surface area contributed by atoms with E-state index in [0.717, 1.165) is 75.0 Å². The lowest BCUT2D eigenvalue weighted by molar-refractivity contribution is 0.0723. The molecule has 2 aliphatic carbocycles. The lowest BCUT2D eigenvalue weighted by Crippen LogP contribution is -2.36. The molecule has 6 nitrogen and oxygen atoms in total. The van der Waals surface area contributed by atoms with E-state index >= 15 is 0 Å². The van der Waals surface area contributed by atoms with Gasteiger partial charge in [0.1, 0.15) is 0 Å². The molecule has 0 unspecified atom stereocenters. The summed E-state index contributed by atoms with van der Waals surface area (Å²) in [5, 5.41) is 4.64. The number of benzene rings is 1. The van der Waals surface area contributed by atoms with Gasteiger partial charge in [-0.25, -0.2) is 14.6 Å². The van der Waals surface area contributed by atoms with Crippen LogP contribution in [0.3, 0.4) is 0 Å².